The van der Waals surface area contributed by atoms with E-state index in [1.807, 2.05) is 19.9 Å². The molecule has 9 nitrogen and oxygen atoms in total. The maximum atomic E-state index is 11.1. The SMILES string of the molecule is CC1(C)C=C(NCCC2=C(C#N)C(c3cccc(N=O)c3N)/C(=C/N)C(N)=N2)O1. The molecule has 1 unspecified atom stereocenters. The minimum atomic E-state index is -0.627. The summed E-state index contributed by atoms with van der Waals surface area (Å²) >= 11 is 0. The van der Waals surface area contributed by atoms with E-state index < -0.39 is 5.92 Å². The Balaban J connectivity index is 1.95. The first-order valence-electron chi connectivity index (χ1n) is 9.08. The van der Waals surface area contributed by atoms with Gasteiger partial charge in [-0.1, -0.05) is 12.1 Å². The van der Waals surface area contributed by atoms with Gasteiger partial charge in [-0.15, -0.1) is 4.91 Å². The Bertz CT molecular complexity index is 1010. The number of para-hydroxylation sites is 1. The number of nitrogens with two attached hydrogens (primary N) is 3. The molecule has 0 fully saturated rings. The van der Waals surface area contributed by atoms with Gasteiger partial charge < -0.3 is 27.3 Å². The molecule has 2 aliphatic heterocycles. The number of hydrogen-bond donors (Lipinski definition) is 4. The lowest BCUT2D eigenvalue weighted by Gasteiger charge is -2.34. The number of aliphatic imine (C=N–C) groups is 1. The zero-order valence-electron chi connectivity index (χ0n) is 16.3. The lowest BCUT2D eigenvalue weighted by molar-refractivity contribution is 0.0138. The smallest absolute Gasteiger partial charge is 0.187 e. The normalized spacial score (nSPS) is 21.4. The highest BCUT2D eigenvalue weighted by Crippen LogP contribution is 2.42. The molecule has 1 atom stereocenters. The fourth-order valence-electron chi connectivity index (χ4n) is 3.46. The number of benzene rings is 1. The Labute approximate surface area is 168 Å². The van der Waals surface area contributed by atoms with Gasteiger partial charge in [0.1, 0.15) is 17.1 Å². The first-order chi connectivity index (χ1) is 13.8. The van der Waals surface area contributed by atoms with Gasteiger partial charge in [-0.05, 0) is 30.7 Å². The Morgan fingerprint density at radius 1 is 1.41 bits per heavy atom. The third-order valence-electron chi connectivity index (χ3n) is 4.80. The lowest BCUT2D eigenvalue weighted by atomic mass is 9.80. The molecule has 29 heavy (non-hydrogen) atoms. The summed E-state index contributed by atoms with van der Waals surface area (Å²) < 4.78 is 5.58. The van der Waals surface area contributed by atoms with Crippen LogP contribution in [0.2, 0.25) is 0 Å². The monoisotopic (exact) mass is 393 g/mol. The second-order valence-corrected chi connectivity index (χ2v) is 7.29. The summed E-state index contributed by atoms with van der Waals surface area (Å²) in [6.45, 7) is 4.41. The molecule has 1 aromatic carbocycles. The summed E-state index contributed by atoms with van der Waals surface area (Å²) in [6, 6.07) is 7.09. The summed E-state index contributed by atoms with van der Waals surface area (Å²) in [5.74, 6) is 0.267. The first-order valence-corrected chi connectivity index (χ1v) is 9.08. The highest BCUT2D eigenvalue weighted by Gasteiger charge is 2.33. The van der Waals surface area contributed by atoms with Crippen LogP contribution in [0.1, 0.15) is 31.7 Å². The number of nitroso groups, excluding NO2 is 1. The number of hydrogen-bond acceptors (Lipinski definition) is 9. The molecule has 0 saturated heterocycles. The van der Waals surface area contributed by atoms with Crippen LogP contribution in [0.3, 0.4) is 0 Å². The van der Waals surface area contributed by atoms with Crippen molar-refractivity contribution >= 4 is 17.2 Å². The van der Waals surface area contributed by atoms with E-state index in [1.165, 1.54) is 12.3 Å². The standard InChI is InChI=1S/C20H23N7O2/c1-20(2)8-16(29-20)25-7-6-14-12(9-21)17(13(10-22)19(24)26-14)11-4-3-5-15(27-28)18(11)23/h3-5,8,10,17,25H,6-7,22-23H2,1-2H3,(H2,24,26)/b13-10-. The van der Waals surface area contributed by atoms with E-state index in [0.717, 1.165) is 0 Å². The summed E-state index contributed by atoms with van der Waals surface area (Å²) in [6.07, 6.45) is 3.72. The molecule has 7 N–H and O–H groups in total. The maximum absolute atomic E-state index is 11.1. The van der Waals surface area contributed by atoms with Gasteiger partial charge in [-0.3, -0.25) is 0 Å². The van der Waals surface area contributed by atoms with Crippen LogP contribution in [0.15, 0.2) is 63.4 Å². The van der Waals surface area contributed by atoms with Crippen molar-refractivity contribution in [1.29, 1.82) is 5.26 Å². The highest BCUT2D eigenvalue weighted by molar-refractivity contribution is 6.01. The van der Waals surface area contributed by atoms with E-state index in [9.17, 15) is 10.2 Å². The zero-order chi connectivity index (χ0) is 21.2. The Hall–Kier alpha value is -3.80. The first kappa shape index (κ1) is 19.9. The molecular formula is C20H23N7O2. The number of ether oxygens (including phenoxy) is 1. The molecule has 0 aliphatic carbocycles. The van der Waals surface area contributed by atoms with Crippen molar-refractivity contribution in [1.82, 2.24) is 5.32 Å². The van der Waals surface area contributed by atoms with E-state index in [0.29, 0.717) is 41.3 Å². The van der Waals surface area contributed by atoms with Crippen LogP contribution in [0, 0.1) is 16.2 Å². The van der Waals surface area contributed by atoms with Gasteiger partial charge >= 0.3 is 0 Å². The van der Waals surface area contributed by atoms with Crippen LogP contribution in [-0.2, 0) is 4.74 Å². The second-order valence-electron chi connectivity index (χ2n) is 7.29. The van der Waals surface area contributed by atoms with E-state index in [-0.39, 0.29) is 22.8 Å². The molecule has 0 bridgehead atoms. The van der Waals surface area contributed by atoms with Crippen molar-refractivity contribution in [2.24, 2.45) is 21.6 Å². The Morgan fingerprint density at radius 3 is 2.72 bits per heavy atom. The summed E-state index contributed by atoms with van der Waals surface area (Å²) in [5, 5.41) is 16.0. The van der Waals surface area contributed by atoms with Gasteiger partial charge in [0.15, 0.2) is 5.88 Å². The fraction of sp³-hybridized carbons (Fsp3) is 0.300. The molecule has 0 spiro atoms. The molecule has 9 heteroatoms. The van der Waals surface area contributed by atoms with Crippen molar-refractivity contribution in [3.05, 3.63) is 63.7 Å². The minimum absolute atomic E-state index is 0.0946. The number of nitrogens with one attached hydrogen (secondary N) is 1. The second kappa shape index (κ2) is 7.67. The predicted molar refractivity (Wildman–Crippen MR) is 111 cm³/mol. The van der Waals surface area contributed by atoms with Crippen LogP contribution in [0.5, 0.6) is 0 Å². The van der Waals surface area contributed by atoms with Gasteiger partial charge in [0.25, 0.3) is 0 Å². The minimum Gasteiger partial charge on any atom is -0.469 e. The van der Waals surface area contributed by atoms with Crippen LogP contribution >= 0.6 is 0 Å². The van der Waals surface area contributed by atoms with Crippen molar-refractivity contribution in [2.45, 2.75) is 31.8 Å². The fourth-order valence-corrected chi connectivity index (χ4v) is 3.46. The maximum Gasteiger partial charge on any atom is 0.187 e. The molecule has 0 saturated carbocycles. The molecule has 150 valence electrons. The molecule has 2 aliphatic rings. The van der Waals surface area contributed by atoms with E-state index in [4.69, 9.17) is 21.9 Å². The van der Waals surface area contributed by atoms with Gasteiger partial charge in [0.05, 0.1) is 28.9 Å². The molecule has 0 radical (unpaired) electrons. The van der Waals surface area contributed by atoms with Gasteiger partial charge in [0.2, 0.25) is 0 Å². The number of rotatable bonds is 6. The largest absolute Gasteiger partial charge is 0.469 e. The molecule has 2 heterocycles. The molecule has 0 amide bonds. The molecular weight excluding hydrogens is 370 g/mol. The average Bonchev–Trinajstić information content (AvgIpc) is 2.66. The van der Waals surface area contributed by atoms with Gasteiger partial charge in [0, 0.05) is 30.8 Å². The number of nitrogen functional groups attached to an aromatic ring is 1. The number of allylic oxidation sites excluding steroid dienone is 1. The van der Waals surface area contributed by atoms with Gasteiger partial charge in [-0.25, -0.2) is 4.99 Å². The van der Waals surface area contributed by atoms with Crippen LogP contribution in [0.25, 0.3) is 0 Å². The quantitative estimate of drug-likeness (QED) is 0.425. The van der Waals surface area contributed by atoms with Gasteiger partial charge in [-0.2, -0.15) is 5.26 Å². The topological polar surface area (TPSA) is 165 Å². The average molecular weight is 393 g/mol. The number of nitriles is 1. The molecule has 1 aromatic rings. The lowest BCUT2D eigenvalue weighted by Crippen LogP contribution is -2.37. The Kier molecular flexibility index (Phi) is 5.28. The number of anilines is 1. The summed E-state index contributed by atoms with van der Waals surface area (Å²) in [5.41, 5.74) is 19.9. The van der Waals surface area contributed by atoms with Crippen molar-refractivity contribution < 1.29 is 4.74 Å². The number of amidine groups is 1. The third-order valence-corrected chi connectivity index (χ3v) is 4.80. The summed E-state index contributed by atoms with van der Waals surface area (Å²) in [7, 11) is 0. The van der Waals surface area contributed by atoms with Crippen molar-refractivity contribution in [2.75, 3.05) is 12.3 Å². The molecule has 3 rings (SSSR count). The highest BCUT2D eigenvalue weighted by atomic mass is 16.5. The van der Waals surface area contributed by atoms with Crippen LogP contribution < -0.4 is 22.5 Å². The zero-order valence-corrected chi connectivity index (χ0v) is 16.3. The summed E-state index contributed by atoms with van der Waals surface area (Å²) in [4.78, 5) is 15.4. The van der Waals surface area contributed by atoms with E-state index in [2.05, 4.69) is 21.6 Å². The van der Waals surface area contributed by atoms with Crippen molar-refractivity contribution in [3.8, 4) is 6.07 Å². The van der Waals surface area contributed by atoms with E-state index >= 15 is 0 Å². The van der Waals surface area contributed by atoms with Crippen LogP contribution in [-0.4, -0.2) is 18.0 Å². The van der Waals surface area contributed by atoms with E-state index in [1.54, 1.807) is 12.1 Å². The third kappa shape index (κ3) is 3.78. The predicted octanol–water partition coefficient (Wildman–Crippen LogP) is 2.37. The van der Waals surface area contributed by atoms with Crippen LogP contribution in [0.4, 0.5) is 11.4 Å². The number of nitrogens with zero attached hydrogens (tertiary/aromatic N) is 3. The van der Waals surface area contributed by atoms with Crippen molar-refractivity contribution in [3.63, 3.8) is 0 Å². The Morgan fingerprint density at radius 2 is 2.14 bits per heavy atom. The molecule has 0 aromatic heterocycles.